The maximum atomic E-state index is 5.58. The zero-order valence-corrected chi connectivity index (χ0v) is 9.39. The maximum Gasteiger partial charge on any atom is 0.155 e. The fraction of sp³-hybridized carbons (Fsp3) is 0.500. The first-order chi connectivity index (χ1) is 6.11. The van der Waals surface area contributed by atoms with Crippen molar-refractivity contribution in [2.75, 3.05) is 6.61 Å². The van der Waals surface area contributed by atoms with Crippen LogP contribution < -0.4 is 4.74 Å². The summed E-state index contributed by atoms with van der Waals surface area (Å²) in [5.41, 5.74) is 1.46. The highest BCUT2D eigenvalue weighted by atomic mass is 79.9. The fourth-order valence-corrected chi connectivity index (χ4v) is 2.08. The van der Waals surface area contributed by atoms with Crippen LogP contribution in [0.2, 0.25) is 0 Å². The van der Waals surface area contributed by atoms with Crippen molar-refractivity contribution in [2.45, 2.75) is 25.7 Å². The van der Waals surface area contributed by atoms with Gasteiger partial charge in [-0.1, -0.05) is 13.8 Å². The van der Waals surface area contributed by atoms with E-state index in [2.05, 4.69) is 34.8 Å². The van der Waals surface area contributed by atoms with E-state index >= 15 is 0 Å². The van der Waals surface area contributed by atoms with Crippen molar-refractivity contribution >= 4 is 15.9 Å². The SMILES string of the molecule is CC1(C)CCOc2c1ccnc2Br. The molecule has 1 aromatic rings. The van der Waals surface area contributed by atoms with E-state index in [1.165, 1.54) is 5.56 Å². The smallest absolute Gasteiger partial charge is 0.155 e. The number of rotatable bonds is 0. The number of fused-ring (bicyclic) bond motifs is 1. The first kappa shape index (κ1) is 9.00. The van der Waals surface area contributed by atoms with Crippen molar-refractivity contribution < 1.29 is 4.74 Å². The summed E-state index contributed by atoms with van der Waals surface area (Å²) < 4.78 is 6.40. The lowest BCUT2D eigenvalue weighted by Crippen LogP contribution is -2.26. The molecule has 0 aliphatic carbocycles. The second-order valence-electron chi connectivity index (χ2n) is 3.96. The van der Waals surface area contributed by atoms with Crippen LogP contribution in [0.15, 0.2) is 16.9 Å². The fourth-order valence-electron chi connectivity index (χ4n) is 1.64. The van der Waals surface area contributed by atoms with E-state index in [9.17, 15) is 0 Å². The lowest BCUT2D eigenvalue weighted by atomic mass is 9.80. The second-order valence-corrected chi connectivity index (χ2v) is 4.71. The molecule has 0 unspecified atom stereocenters. The van der Waals surface area contributed by atoms with Crippen LogP contribution in [0.1, 0.15) is 25.8 Å². The first-order valence-corrected chi connectivity index (χ1v) is 5.18. The normalized spacial score (nSPS) is 19.0. The van der Waals surface area contributed by atoms with E-state index in [1.807, 2.05) is 12.3 Å². The number of ether oxygens (including phenoxy) is 1. The van der Waals surface area contributed by atoms with Gasteiger partial charge in [0, 0.05) is 11.8 Å². The van der Waals surface area contributed by atoms with Crippen molar-refractivity contribution in [3.63, 3.8) is 0 Å². The molecule has 0 radical (unpaired) electrons. The number of nitrogens with zero attached hydrogens (tertiary/aromatic N) is 1. The molecule has 0 saturated carbocycles. The van der Waals surface area contributed by atoms with Gasteiger partial charge in [-0.2, -0.15) is 0 Å². The largest absolute Gasteiger partial charge is 0.490 e. The number of hydrogen-bond donors (Lipinski definition) is 0. The van der Waals surface area contributed by atoms with Gasteiger partial charge in [0.05, 0.1) is 6.61 Å². The Morgan fingerprint density at radius 1 is 1.54 bits per heavy atom. The summed E-state index contributed by atoms with van der Waals surface area (Å²) in [5.74, 6) is 0.916. The molecule has 1 aliphatic rings. The molecule has 2 nitrogen and oxygen atoms in total. The molecule has 0 fully saturated rings. The van der Waals surface area contributed by atoms with Gasteiger partial charge in [-0.3, -0.25) is 0 Å². The lowest BCUT2D eigenvalue weighted by Gasteiger charge is -2.32. The average molecular weight is 242 g/mol. The number of pyridine rings is 1. The summed E-state index contributed by atoms with van der Waals surface area (Å²) in [5, 5.41) is 0. The molecule has 70 valence electrons. The Morgan fingerprint density at radius 3 is 3.00 bits per heavy atom. The van der Waals surface area contributed by atoms with Gasteiger partial charge < -0.3 is 4.74 Å². The molecule has 0 amide bonds. The van der Waals surface area contributed by atoms with Gasteiger partial charge in [-0.15, -0.1) is 0 Å². The highest BCUT2D eigenvalue weighted by Gasteiger charge is 2.29. The monoisotopic (exact) mass is 241 g/mol. The second kappa shape index (κ2) is 2.98. The maximum absolute atomic E-state index is 5.58. The van der Waals surface area contributed by atoms with E-state index in [4.69, 9.17) is 4.74 Å². The quantitative estimate of drug-likeness (QED) is 0.652. The van der Waals surface area contributed by atoms with Gasteiger partial charge in [0.15, 0.2) is 5.75 Å². The molecule has 2 heterocycles. The molecule has 0 N–H and O–H groups in total. The van der Waals surface area contributed by atoms with Crippen LogP contribution in [0.25, 0.3) is 0 Å². The van der Waals surface area contributed by atoms with Crippen LogP contribution in [-0.2, 0) is 5.41 Å². The third kappa shape index (κ3) is 1.46. The summed E-state index contributed by atoms with van der Waals surface area (Å²) in [6, 6.07) is 2.04. The van der Waals surface area contributed by atoms with E-state index < -0.39 is 0 Å². The van der Waals surface area contributed by atoms with E-state index in [0.717, 1.165) is 23.4 Å². The Kier molecular flexibility index (Phi) is 2.06. The summed E-state index contributed by atoms with van der Waals surface area (Å²) in [4.78, 5) is 4.15. The van der Waals surface area contributed by atoms with Crippen LogP contribution >= 0.6 is 15.9 Å². The predicted octanol–water partition coefficient (Wildman–Crippen LogP) is 2.90. The average Bonchev–Trinajstić information content (AvgIpc) is 2.06. The topological polar surface area (TPSA) is 22.1 Å². The number of halogens is 1. The Morgan fingerprint density at radius 2 is 2.31 bits per heavy atom. The van der Waals surface area contributed by atoms with Crippen molar-refractivity contribution in [3.05, 3.63) is 22.4 Å². The predicted molar refractivity (Wildman–Crippen MR) is 55.1 cm³/mol. The highest BCUT2D eigenvalue weighted by Crippen LogP contribution is 2.40. The van der Waals surface area contributed by atoms with Crippen molar-refractivity contribution in [1.82, 2.24) is 4.98 Å². The van der Waals surface area contributed by atoms with Crippen LogP contribution in [0.4, 0.5) is 0 Å². The van der Waals surface area contributed by atoms with Crippen LogP contribution in [0, 0.1) is 0 Å². The van der Waals surface area contributed by atoms with E-state index in [0.29, 0.717) is 0 Å². The lowest BCUT2D eigenvalue weighted by molar-refractivity contribution is 0.231. The number of aromatic nitrogens is 1. The van der Waals surface area contributed by atoms with Crippen LogP contribution in [0.3, 0.4) is 0 Å². The van der Waals surface area contributed by atoms with Crippen molar-refractivity contribution in [1.29, 1.82) is 0 Å². The molecule has 0 aromatic carbocycles. The molecule has 3 heteroatoms. The zero-order valence-electron chi connectivity index (χ0n) is 7.80. The molecule has 2 rings (SSSR count). The summed E-state index contributed by atoms with van der Waals surface area (Å²) in [6.45, 7) is 5.26. The zero-order chi connectivity index (χ0) is 9.47. The van der Waals surface area contributed by atoms with Gasteiger partial charge in [0.1, 0.15) is 4.60 Å². The van der Waals surface area contributed by atoms with E-state index in [1.54, 1.807) is 0 Å². The Bertz CT molecular complexity index is 336. The first-order valence-electron chi connectivity index (χ1n) is 4.39. The third-order valence-electron chi connectivity index (χ3n) is 2.56. The Labute approximate surface area is 86.5 Å². The minimum absolute atomic E-state index is 0.207. The molecule has 0 spiro atoms. The standard InChI is InChI=1S/C10H12BrNO/c1-10(2)4-6-13-8-7(10)3-5-12-9(8)11/h3,5H,4,6H2,1-2H3. The Balaban J connectivity index is 2.58. The van der Waals surface area contributed by atoms with Crippen molar-refractivity contribution in [2.24, 2.45) is 0 Å². The highest BCUT2D eigenvalue weighted by molar-refractivity contribution is 9.10. The van der Waals surface area contributed by atoms with Gasteiger partial charge in [0.25, 0.3) is 0 Å². The minimum atomic E-state index is 0.207. The van der Waals surface area contributed by atoms with Crippen LogP contribution in [0.5, 0.6) is 5.75 Å². The van der Waals surface area contributed by atoms with Crippen LogP contribution in [-0.4, -0.2) is 11.6 Å². The summed E-state index contributed by atoms with van der Waals surface area (Å²) in [7, 11) is 0. The molecule has 0 bridgehead atoms. The molecular weight excluding hydrogens is 230 g/mol. The third-order valence-corrected chi connectivity index (χ3v) is 3.13. The molecular formula is C10H12BrNO. The van der Waals surface area contributed by atoms with Crippen molar-refractivity contribution in [3.8, 4) is 5.75 Å². The molecule has 0 saturated heterocycles. The molecule has 13 heavy (non-hydrogen) atoms. The van der Waals surface area contributed by atoms with Gasteiger partial charge in [-0.25, -0.2) is 4.98 Å². The van der Waals surface area contributed by atoms with E-state index in [-0.39, 0.29) is 5.41 Å². The molecule has 1 aliphatic heterocycles. The van der Waals surface area contributed by atoms with Gasteiger partial charge >= 0.3 is 0 Å². The molecule has 1 aromatic heterocycles. The van der Waals surface area contributed by atoms with Gasteiger partial charge in [-0.05, 0) is 33.8 Å². The number of hydrogen-bond acceptors (Lipinski definition) is 2. The summed E-state index contributed by atoms with van der Waals surface area (Å²) in [6.07, 6.45) is 2.88. The summed E-state index contributed by atoms with van der Waals surface area (Å²) >= 11 is 3.40. The van der Waals surface area contributed by atoms with Gasteiger partial charge in [0.2, 0.25) is 0 Å². The Hall–Kier alpha value is -0.570. The molecule has 0 atom stereocenters. The minimum Gasteiger partial charge on any atom is -0.490 e.